The first-order chi connectivity index (χ1) is 9.29. The molecule has 0 spiro atoms. The van der Waals surface area contributed by atoms with Crippen LogP contribution in [0.25, 0.3) is 20.8 Å². The van der Waals surface area contributed by atoms with Crippen molar-refractivity contribution in [2.75, 3.05) is 11.9 Å². The van der Waals surface area contributed by atoms with Gasteiger partial charge in [0.1, 0.15) is 5.01 Å². The van der Waals surface area contributed by atoms with Gasteiger partial charge in [-0.15, -0.1) is 11.3 Å². The van der Waals surface area contributed by atoms with Crippen LogP contribution in [0.4, 0.5) is 5.69 Å². The van der Waals surface area contributed by atoms with Gasteiger partial charge >= 0.3 is 0 Å². The summed E-state index contributed by atoms with van der Waals surface area (Å²) in [4.78, 5) is 4.77. The first-order valence-electron chi connectivity index (χ1n) is 6.54. The zero-order valence-corrected chi connectivity index (χ0v) is 11.6. The lowest BCUT2D eigenvalue weighted by atomic mass is 10.1. The fraction of sp³-hybridized carbons (Fsp3) is 0.188. The zero-order valence-electron chi connectivity index (χ0n) is 10.7. The fourth-order valence-corrected chi connectivity index (χ4v) is 3.54. The van der Waals surface area contributed by atoms with Crippen molar-refractivity contribution in [3.63, 3.8) is 0 Å². The van der Waals surface area contributed by atoms with Crippen LogP contribution in [-0.2, 0) is 6.42 Å². The summed E-state index contributed by atoms with van der Waals surface area (Å²) in [5.74, 6) is 0. The first-order valence-corrected chi connectivity index (χ1v) is 7.36. The molecule has 1 N–H and O–H groups in total. The number of hydrogen-bond donors (Lipinski definition) is 1. The van der Waals surface area contributed by atoms with Crippen LogP contribution in [0, 0.1) is 6.92 Å². The average molecular weight is 266 g/mol. The second-order valence-corrected chi connectivity index (χ2v) is 6.07. The number of fused-ring (bicyclic) bond motifs is 2. The maximum absolute atomic E-state index is 4.77. The molecule has 1 aliphatic rings. The zero-order chi connectivity index (χ0) is 12.8. The highest BCUT2D eigenvalue weighted by atomic mass is 32.1. The van der Waals surface area contributed by atoms with E-state index >= 15 is 0 Å². The number of thiazole rings is 1. The highest BCUT2D eigenvalue weighted by molar-refractivity contribution is 7.21. The van der Waals surface area contributed by atoms with Gasteiger partial charge in [-0.05, 0) is 54.8 Å². The van der Waals surface area contributed by atoms with Crippen molar-refractivity contribution >= 4 is 27.2 Å². The number of anilines is 1. The molecule has 3 heteroatoms. The lowest BCUT2D eigenvalue weighted by Gasteiger charge is -2.01. The predicted octanol–water partition coefficient (Wildman–Crippen LogP) is 4.24. The third kappa shape index (κ3) is 1.81. The van der Waals surface area contributed by atoms with Crippen molar-refractivity contribution < 1.29 is 0 Å². The van der Waals surface area contributed by atoms with Gasteiger partial charge in [-0.25, -0.2) is 4.98 Å². The van der Waals surface area contributed by atoms with Crippen molar-refractivity contribution in [1.29, 1.82) is 0 Å². The van der Waals surface area contributed by atoms with E-state index in [1.165, 1.54) is 27.1 Å². The van der Waals surface area contributed by atoms with Crippen LogP contribution >= 0.6 is 11.3 Å². The van der Waals surface area contributed by atoms with Gasteiger partial charge in [0, 0.05) is 17.8 Å². The highest BCUT2D eigenvalue weighted by Gasteiger charge is 2.12. The second-order valence-electron chi connectivity index (χ2n) is 5.04. The van der Waals surface area contributed by atoms with Gasteiger partial charge in [-0.2, -0.15) is 0 Å². The fourth-order valence-electron chi connectivity index (χ4n) is 2.60. The summed E-state index contributed by atoms with van der Waals surface area (Å²) in [5, 5.41) is 4.52. The Morgan fingerprint density at radius 2 is 2.11 bits per heavy atom. The van der Waals surface area contributed by atoms with E-state index in [-0.39, 0.29) is 0 Å². The molecule has 19 heavy (non-hydrogen) atoms. The molecule has 0 saturated heterocycles. The molecular weight excluding hydrogens is 252 g/mol. The topological polar surface area (TPSA) is 24.9 Å². The minimum absolute atomic E-state index is 1.05. The molecule has 1 aromatic heterocycles. The Hall–Kier alpha value is -1.87. The van der Waals surface area contributed by atoms with E-state index in [1.807, 2.05) is 0 Å². The summed E-state index contributed by atoms with van der Waals surface area (Å²) in [5.41, 5.74) is 6.30. The third-order valence-electron chi connectivity index (χ3n) is 3.61. The quantitative estimate of drug-likeness (QED) is 0.712. The summed E-state index contributed by atoms with van der Waals surface area (Å²) in [7, 11) is 0. The summed E-state index contributed by atoms with van der Waals surface area (Å²) >= 11 is 1.77. The first kappa shape index (κ1) is 11.0. The van der Waals surface area contributed by atoms with E-state index in [4.69, 9.17) is 4.98 Å². The summed E-state index contributed by atoms with van der Waals surface area (Å²) in [6, 6.07) is 13.1. The van der Waals surface area contributed by atoms with Gasteiger partial charge in [-0.3, -0.25) is 0 Å². The van der Waals surface area contributed by atoms with E-state index in [0.717, 1.165) is 23.5 Å². The van der Waals surface area contributed by atoms with Gasteiger partial charge in [0.15, 0.2) is 0 Å². The van der Waals surface area contributed by atoms with Crippen molar-refractivity contribution in [1.82, 2.24) is 4.98 Å². The van der Waals surface area contributed by atoms with E-state index in [1.54, 1.807) is 11.3 Å². The van der Waals surface area contributed by atoms with Gasteiger partial charge in [0.2, 0.25) is 0 Å². The Bertz CT molecular complexity index is 774. The summed E-state index contributed by atoms with van der Waals surface area (Å²) < 4.78 is 1.26. The Kier molecular flexibility index (Phi) is 2.35. The van der Waals surface area contributed by atoms with Crippen LogP contribution in [0.1, 0.15) is 11.1 Å². The van der Waals surface area contributed by atoms with Crippen LogP contribution in [-0.4, -0.2) is 11.5 Å². The molecule has 1 aliphatic heterocycles. The van der Waals surface area contributed by atoms with Crippen molar-refractivity contribution in [2.24, 2.45) is 0 Å². The minimum Gasteiger partial charge on any atom is -0.384 e. The molecule has 0 saturated carbocycles. The number of benzene rings is 2. The second kappa shape index (κ2) is 4.07. The number of rotatable bonds is 1. The SMILES string of the molecule is Cc1ccc2sc(-c3ccc4c(c3)CCN4)nc2c1. The molecule has 4 rings (SSSR count). The lowest BCUT2D eigenvalue weighted by molar-refractivity contribution is 1.11. The number of hydrogen-bond acceptors (Lipinski definition) is 3. The minimum atomic E-state index is 1.05. The third-order valence-corrected chi connectivity index (χ3v) is 4.69. The van der Waals surface area contributed by atoms with E-state index in [9.17, 15) is 0 Å². The molecule has 0 amide bonds. The molecule has 2 aromatic carbocycles. The molecule has 0 unspecified atom stereocenters. The molecule has 0 bridgehead atoms. The number of nitrogens with zero attached hydrogens (tertiary/aromatic N) is 1. The van der Waals surface area contributed by atoms with Crippen LogP contribution in [0.3, 0.4) is 0 Å². The molecule has 0 aliphatic carbocycles. The van der Waals surface area contributed by atoms with Crippen molar-refractivity contribution in [2.45, 2.75) is 13.3 Å². The standard InChI is InChI=1S/C16H14N2S/c1-10-2-5-15-14(8-10)18-16(19-15)12-3-4-13-11(9-12)6-7-17-13/h2-5,8-9,17H,6-7H2,1H3. The Morgan fingerprint density at radius 3 is 3.05 bits per heavy atom. The van der Waals surface area contributed by atoms with E-state index in [0.29, 0.717) is 0 Å². The Labute approximate surface area is 116 Å². The number of aryl methyl sites for hydroxylation is 1. The van der Waals surface area contributed by atoms with Crippen LogP contribution in [0.5, 0.6) is 0 Å². The lowest BCUT2D eigenvalue weighted by Crippen LogP contribution is -1.90. The average Bonchev–Trinajstić information content (AvgIpc) is 3.02. The smallest absolute Gasteiger partial charge is 0.124 e. The maximum atomic E-state index is 4.77. The largest absolute Gasteiger partial charge is 0.384 e. The maximum Gasteiger partial charge on any atom is 0.124 e. The molecule has 2 heterocycles. The van der Waals surface area contributed by atoms with E-state index in [2.05, 4.69) is 48.6 Å². The normalized spacial score (nSPS) is 13.5. The molecule has 3 aromatic rings. The Morgan fingerprint density at radius 1 is 1.16 bits per heavy atom. The number of aromatic nitrogens is 1. The molecule has 0 atom stereocenters. The molecule has 0 fully saturated rings. The molecule has 94 valence electrons. The highest BCUT2D eigenvalue weighted by Crippen LogP contribution is 2.33. The van der Waals surface area contributed by atoms with Gasteiger partial charge < -0.3 is 5.32 Å². The van der Waals surface area contributed by atoms with E-state index < -0.39 is 0 Å². The van der Waals surface area contributed by atoms with Gasteiger partial charge in [-0.1, -0.05) is 6.07 Å². The molecule has 2 nitrogen and oxygen atoms in total. The monoisotopic (exact) mass is 266 g/mol. The van der Waals surface area contributed by atoms with Crippen molar-refractivity contribution in [3.05, 3.63) is 47.5 Å². The molecular formula is C16H14N2S. The van der Waals surface area contributed by atoms with Gasteiger partial charge in [0.25, 0.3) is 0 Å². The van der Waals surface area contributed by atoms with Crippen LogP contribution < -0.4 is 5.32 Å². The number of nitrogens with one attached hydrogen (secondary N) is 1. The van der Waals surface area contributed by atoms with Crippen LogP contribution in [0.15, 0.2) is 36.4 Å². The van der Waals surface area contributed by atoms with Gasteiger partial charge in [0.05, 0.1) is 10.2 Å². The summed E-state index contributed by atoms with van der Waals surface area (Å²) in [6.45, 7) is 3.16. The molecule has 0 radical (unpaired) electrons. The van der Waals surface area contributed by atoms with Crippen molar-refractivity contribution in [3.8, 4) is 10.6 Å². The summed E-state index contributed by atoms with van der Waals surface area (Å²) in [6.07, 6.45) is 1.12. The predicted molar refractivity (Wildman–Crippen MR) is 82.0 cm³/mol. The Balaban J connectivity index is 1.85. The van der Waals surface area contributed by atoms with Crippen LogP contribution in [0.2, 0.25) is 0 Å².